The summed E-state index contributed by atoms with van der Waals surface area (Å²) < 4.78 is 10.7. The van der Waals surface area contributed by atoms with Gasteiger partial charge in [0.25, 0.3) is 0 Å². The number of amides is 3. The van der Waals surface area contributed by atoms with Gasteiger partial charge in [-0.25, -0.2) is 9.59 Å². The standard InChI is InChI=1S/C26H35N3O5/c1-26(2,3)34-25(32)29(5)17-16-28(4)23(30)22(18-20-12-8-6-9-13-20)27-24(31)33-19-21-14-10-7-11-15-21/h6-15,22H,16-19H2,1-5H3,(H,27,31)/t22-/m0/s1. The third-order valence-corrected chi connectivity index (χ3v) is 4.94. The van der Waals surface area contributed by atoms with Gasteiger partial charge in [-0.2, -0.15) is 0 Å². The van der Waals surface area contributed by atoms with Gasteiger partial charge in [-0.05, 0) is 31.9 Å². The van der Waals surface area contributed by atoms with E-state index in [1.807, 2.05) is 60.7 Å². The monoisotopic (exact) mass is 469 g/mol. The van der Waals surface area contributed by atoms with Crippen molar-refractivity contribution in [3.05, 3.63) is 71.8 Å². The van der Waals surface area contributed by atoms with E-state index in [1.165, 1.54) is 9.80 Å². The number of ether oxygens (including phenoxy) is 2. The molecular formula is C26H35N3O5. The van der Waals surface area contributed by atoms with Crippen molar-refractivity contribution in [3.63, 3.8) is 0 Å². The molecule has 1 atom stereocenters. The molecule has 0 spiro atoms. The Bertz CT molecular complexity index is 928. The van der Waals surface area contributed by atoms with Crippen LogP contribution in [0.2, 0.25) is 0 Å². The van der Waals surface area contributed by atoms with Crippen molar-refractivity contribution in [1.82, 2.24) is 15.1 Å². The fraction of sp³-hybridized carbons (Fsp3) is 0.423. The van der Waals surface area contributed by atoms with Gasteiger partial charge < -0.3 is 24.6 Å². The van der Waals surface area contributed by atoms with E-state index in [1.54, 1.807) is 34.9 Å². The minimum Gasteiger partial charge on any atom is -0.445 e. The number of likely N-dealkylation sites (N-methyl/N-ethyl adjacent to an activating group) is 2. The van der Waals surface area contributed by atoms with Crippen LogP contribution in [0.4, 0.5) is 9.59 Å². The van der Waals surface area contributed by atoms with Crippen LogP contribution < -0.4 is 5.32 Å². The van der Waals surface area contributed by atoms with Crippen molar-refractivity contribution in [2.75, 3.05) is 27.2 Å². The summed E-state index contributed by atoms with van der Waals surface area (Å²) in [6.07, 6.45) is -0.819. The second-order valence-corrected chi connectivity index (χ2v) is 9.11. The van der Waals surface area contributed by atoms with Crippen LogP contribution in [-0.4, -0.2) is 66.7 Å². The van der Waals surface area contributed by atoms with Gasteiger partial charge in [0, 0.05) is 33.6 Å². The summed E-state index contributed by atoms with van der Waals surface area (Å²) in [5, 5.41) is 2.70. The van der Waals surface area contributed by atoms with E-state index in [0.717, 1.165) is 11.1 Å². The Balaban J connectivity index is 1.98. The highest BCUT2D eigenvalue weighted by atomic mass is 16.6. The van der Waals surface area contributed by atoms with E-state index in [2.05, 4.69) is 5.32 Å². The number of nitrogens with one attached hydrogen (secondary N) is 1. The molecule has 1 N–H and O–H groups in total. The maximum absolute atomic E-state index is 13.2. The van der Waals surface area contributed by atoms with E-state index < -0.39 is 23.8 Å². The lowest BCUT2D eigenvalue weighted by molar-refractivity contribution is -0.132. The molecule has 184 valence electrons. The molecule has 0 aliphatic carbocycles. The Labute approximate surface area is 201 Å². The second kappa shape index (κ2) is 12.6. The first-order valence-corrected chi connectivity index (χ1v) is 11.3. The van der Waals surface area contributed by atoms with Gasteiger partial charge in [0.05, 0.1) is 0 Å². The van der Waals surface area contributed by atoms with Crippen molar-refractivity contribution in [1.29, 1.82) is 0 Å². The lowest BCUT2D eigenvalue weighted by Crippen LogP contribution is -2.50. The molecule has 0 aliphatic heterocycles. The molecule has 0 aromatic heterocycles. The number of hydrogen-bond acceptors (Lipinski definition) is 5. The summed E-state index contributed by atoms with van der Waals surface area (Å²) in [4.78, 5) is 40.7. The number of alkyl carbamates (subject to hydrolysis) is 1. The molecule has 34 heavy (non-hydrogen) atoms. The van der Waals surface area contributed by atoms with Gasteiger partial charge in [-0.1, -0.05) is 60.7 Å². The van der Waals surface area contributed by atoms with Crippen LogP contribution in [0.1, 0.15) is 31.9 Å². The Morgan fingerprint density at radius 3 is 1.94 bits per heavy atom. The second-order valence-electron chi connectivity index (χ2n) is 9.11. The summed E-state index contributed by atoms with van der Waals surface area (Å²) in [6, 6.07) is 17.9. The minimum absolute atomic E-state index is 0.107. The van der Waals surface area contributed by atoms with E-state index in [9.17, 15) is 14.4 Å². The van der Waals surface area contributed by atoms with Gasteiger partial charge in [0.2, 0.25) is 5.91 Å². The average molecular weight is 470 g/mol. The number of nitrogens with zero attached hydrogens (tertiary/aromatic N) is 2. The third-order valence-electron chi connectivity index (χ3n) is 4.94. The molecule has 2 aromatic rings. The molecule has 0 aliphatic rings. The SMILES string of the molecule is CN(CCN(C)C(=O)[C@H](Cc1ccccc1)NC(=O)OCc1ccccc1)C(=O)OC(C)(C)C. The van der Waals surface area contributed by atoms with Crippen molar-refractivity contribution >= 4 is 18.1 Å². The van der Waals surface area contributed by atoms with Crippen molar-refractivity contribution in [2.24, 2.45) is 0 Å². The number of rotatable bonds is 9. The zero-order valence-corrected chi connectivity index (χ0v) is 20.6. The summed E-state index contributed by atoms with van der Waals surface area (Å²) in [6.45, 7) is 6.06. The van der Waals surface area contributed by atoms with Gasteiger partial charge in [-0.15, -0.1) is 0 Å². The largest absolute Gasteiger partial charge is 0.445 e. The minimum atomic E-state index is -0.817. The lowest BCUT2D eigenvalue weighted by Gasteiger charge is -2.28. The normalized spacial score (nSPS) is 11.8. The van der Waals surface area contributed by atoms with Gasteiger partial charge in [0.1, 0.15) is 18.2 Å². The molecule has 0 heterocycles. The maximum Gasteiger partial charge on any atom is 0.410 e. The van der Waals surface area contributed by atoms with E-state index in [0.29, 0.717) is 6.42 Å². The first kappa shape index (κ1) is 26.7. The van der Waals surface area contributed by atoms with Crippen LogP contribution in [0.15, 0.2) is 60.7 Å². The fourth-order valence-corrected chi connectivity index (χ4v) is 3.06. The van der Waals surface area contributed by atoms with Gasteiger partial charge in [-0.3, -0.25) is 4.79 Å². The Morgan fingerprint density at radius 1 is 0.853 bits per heavy atom. The smallest absolute Gasteiger partial charge is 0.410 e. The summed E-state index contributed by atoms with van der Waals surface area (Å²) in [5.41, 5.74) is 1.16. The van der Waals surface area contributed by atoms with E-state index in [4.69, 9.17) is 9.47 Å². The predicted molar refractivity (Wildman–Crippen MR) is 130 cm³/mol. The summed E-state index contributed by atoms with van der Waals surface area (Å²) in [7, 11) is 3.26. The zero-order valence-electron chi connectivity index (χ0n) is 20.6. The summed E-state index contributed by atoms with van der Waals surface area (Å²) in [5.74, 6) is -0.280. The molecule has 0 fully saturated rings. The first-order valence-electron chi connectivity index (χ1n) is 11.3. The number of benzene rings is 2. The summed E-state index contributed by atoms with van der Waals surface area (Å²) >= 11 is 0. The highest BCUT2D eigenvalue weighted by Crippen LogP contribution is 2.10. The predicted octanol–water partition coefficient (Wildman–Crippen LogP) is 3.85. The fourth-order valence-electron chi connectivity index (χ4n) is 3.06. The Kier molecular flexibility index (Phi) is 9.92. The van der Waals surface area contributed by atoms with Crippen LogP contribution in [0, 0.1) is 0 Å². The third kappa shape index (κ3) is 9.52. The zero-order chi connectivity index (χ0) is 25.1. The van der Waals surface area contributed by atoms with Crippen LogP contribution in [0.3, 0.4) is 0 Å². The molecule has 0 saturated heterocycles. The van der Waals surface area contributed by atoms with Crippen molar-refractivity contribution in [2.45, 2.75) is 45.4 Å². The molecule has 2 rings (SSSR count). The first-order chi connectivity index (χ1) is 16.0. The van der Waals surface area contributed by atoms with E-state index >= 15 is 0 Å². The molecule has 8 nitrogen and oxygen atoms in total. The van der Waals surface area contributed by atoms with Crippen LogP contribution in [-0.2, 0) is 27.3 Å². The highest BCUT2D eigenvalue weighted by Gasteiger charge is 2.26. The molecule has 0 radical (unpaired) electrons. The Morgan fingerprint density at radius 2 is 1.38 bits per heavy atom. The Hall–Kier alpha value is -3.55. The number of carbonyl (C=O) groups excluding carboxylic acids is 3. The topological polar surface area (TPSA) is 88.2 Å². The quantitative estimate of drug-likeness (QED) is 0.603. The van der Waals surface area contributed by atoms with Crippen LogP contribution in [0.5, 0.6) is 0 Å². The number of carbonyl (C=O) groups is 3. The van der Waals surface area contributed by atoms with Gasteiger partial charge >= 0.3 is 12.2 Å². The van der Waals surface area contributed by atoms with Crippen LogP contribution in [0.25, 0.3) is 0 Å². The maximum atomic E-state index is 13.2. The van der Waals surface area contributed by atoms with Crippen LogP contribution >= 0.6 is 0 Å². The molecular weight excluding hydrogens is 434 g/mol. The molecule has 2 aromatic carbocycles. The molecule has 3 amide bonds. The lowest BCUT2D eigenvalue weighted by atomic mass is 10.1. The van der Waals surface area contributed by atoms with Crippen molar-refractivity contribution < 1.29 is 23.9 Å². The van der Waals surface area contributed by atoms with Crippen molar-refractivity contribution in [3.8, 4) is 0 Å². The van der Waals surface area contributed by atoms with Gasteiger partial charge in [0.15, 0.2) is 0 Å². The molecule has 8 heteroatoms. The van der Waals surface area contributed by atoms with E-state index in [-0.39, 0.29) is 25.6 Å². The highest BCUT2D eigenvalue weighted by molar-refractivity contribution is 5.86. The molecule has 0 saturated carbocycles. The number of hydrogen-bond donors (Lipinski definition) is 1. The molecule has 0 unspecified atom stereocenters. The molecule has 0 bridgehead atoms. The average Bonchev–Trinajstić information content (AvgIpc) is 2.80.